The normalized spacial score (nSPS) is 14.0. The molecule has 0 aromatic heterocycles. The van der Waals surface area contributed by atoms with Gasteiger partial charge in [-0.1, -0.05) is 6.92 Å². The lowest BCUT2D eigenvalue weighted by Gasteiger charge is -2.38. The third kappa shape index (κ3) is 4.29. The summed E-state index contributed by atoms with van der Waals surface area (Å²) in [6.07, 6.45) is -0.273. The van der Waals surface area contributed by atoms with Crippen molar-refractivity contribution in [3.05, 3.63) is 0 Å². The van der Waals surface area contributed by atoms with Gasteiger partial charge in [-0.3, -0.25) is 0 Å². The van der Waals surface area contributed by atoms with Gasteiger partial charge in [0.25, 0.3) is 8.32 Å². The van der Waals surface area contributed by atoms with Gasteiger partial charge in [-0.25, -0.2) is 4.79 Å². The van der Waals surface area contributed by atoms with Crippen molar-refractivity contribution >= 4 is 23.2 Å². The average molecular weight is 324 g/mol. The first kappa shape index (κ1) is 19.6. The molecule has 8 heteroatoms. The summed E-state index contributed by atoms with van der Waals surface area (Å²) in [5.41, 5.74) is 0. The van der Waals surface area contributed by atoms with Gasteiger partial charge in [0.2, 0.25) is 0 Å². The molecule has 1 amide bonds. The Kier molecular flexibility index (Phi) is 7.96. The van der Waals surface area contributed by atoms with Crippen LogP contribution in [0.3, 0.4) is 0 Å². The average Bonchev–Trinajstić information content (AvgIpc) is 2.42. The Hall–Kier alpha value is -0.416. The van der Waals surface area contributed by atoms with Gasteiger partial charge in [0.15, 0.2) is 0 Å². The molecule has 0 spiro atoms. The molecular weight excluding hydrogens is 294 g/mol. The third-order valence-corrected chi connectivity index (χ3v) is 12.5. The van der Waals surface area contributed by atoms with Gasteiger partial charge in [0, 0.05) is 34.4 Å². The molecule has 1 atom stereocenters. The zero-order chi connectivity index (χ0) is 16.0. The van der Waals surface area contributed by atoms with Crippen LogP contribution in [0.25, 0.3) is 0 Å². The predicted octanol–water partition coefficient (Wildman–Crippen LogP) is 2.48. The molecule has 20 heavy (non-hydrogen) atoms. The second kappa shape index (κ2) is 8.13. The predicted molar refractivity (Wildman–Crippen MR) is 83.1 cm³/mol. The highest BCUT2D eigenvalue weighted by Crippen LogP contribution is 2.34. The molecule has 0 aromatic carbocycles. The lowest BCUT2D eigenvalue weighted by molar-refractivity contribution is 0.116. The van der Waals surface area contributed by atoms with Crippen molar-refractivity contribution in [2.24, 2.45) is 0 Å². The molecule has 0 aliphatic carbocycles. The van der Waals surface area contributed by atoms with Crippen LogP contribution in [0.15, 0.2) is 0 Å². The Morgan fingerprint density at radius 2 is 1.45 bits per heavy atom. The van der Waals surface area contributed by atoms with Gasteiger partial charge in [-0.05, 0) is 26.9 Å². The van der Waals surface area contributed by atoms with Crippen molar-refractivity contribution < 1.29 is 22.5 Å². The van der Waals surface area contributed by atoms with Crippen molar-refractivity contribution in [2.75, 3.05) is 34.4 Å². The highest BCUT2D eigenvalue weighted by atomic mass is 28.4. The number of hydrogen-bond donors (Lipinski definition) is 0. The fourth-order valence-electron chi connectivity index (χ4n) is 2.07. The lowest BCUT2D eigenvalue weighted by Crippen LogP contribution is -2.57. The molecular formula is C12H29NO5Si2. The summed E-state index contributed by atoms with van der Waals surface area (Å²) >= 11 is 0. The van der Waals surface area contributed by atoms with Crippen LogP contribution in [0.2, 0.25) is 18.3 Å². The quantitative estimate of drug-likeness (QED) is 0.642. The zero-order valence-electron chi connectivity index (χ0n) is 14.0. The van der Waals surface area contributed by atoms with E-state index in [9.17, 15) is 4.79 Å². The number of rotatable bonds is 8. The maximum Gasteiger partial charge on any atom is 0.503 e. The Morgan fingerprint density at radius 3 is 1.75 bits per heavy atom. The van der Waals surface area contributed by atoms with E-state index in [1.807, 2.05) is 33.9 Å². The van der Waals surface area contributed by atoms with Crippen LogP contribution in [-0.4, -0.2) is 62.5 Å². The minimum absolute atomic E-state index is 0.0606. The smallest absolute Gasteiger partial charge is 0.503 e. The Labute approximate surface area is 124 Å². The molecule has 0 saturated carbocycles. The molecule has 0 aliphatic heterocycles. The van der Waals surface area contributed by atoms with E-state index >= 15 is 0 Å². The standard InChI is InChI=1S/C12H29NO5Si2/c1-9-13(10-2)12(14)18-19(7,8)11(3)20(15-4,16-5)17-6/h11H,9-10H2,1-8H3. The minimum atomic E-state index is -2.81. The van der Waals surface area contributed by atoms with Crippen molar-refractivity contribution in [1.29, 1.82) is 0 Å². The van der Waals surface area contributed by atoms with Gasteiger partial charge in [-0.15, -0.1) is 0 Å². The fourth-order valence-corrected chi connectivity index (χ4v) is 9.03. The van der Waals surface area contributed by atoms with E-state index in [1.54, 1.807) is 26.2 Å². The molecule has 0 aliphatic rings. The molecule has 0 N–H and O–H groups in total. The van der Waals surface area contributed by atoms with Crippen LogP contribution in [-0.2, 0) is 17.7 Å². The van der Waals surface area contributed by atoms with Gasteiger partial charge >= 0.3 is 14.9 Å². The Morgan fingerprint density at radius 1 is 1.05 bits per heavy atom. The van der Waals surface area contributed by atoms with Crippen molar-refractivity contribution in [3.8, 4) is 0 Å². The molecule has 1 unspecified atom stereocenters. The van der Waals surface area contributed by atoms with Gasteiger partial charge < -0.3 is 22.6 Å². The first-order valence-corrected chi connectivity index (χ1v) is 11.7. The third-order valence-electron chi connectivity index (χ3n) is 3.80. The summed E-state index contributed by atoms with van der Waals surface area (Å²) in [7, 11) is -0.453. The summed E-state index contributed by atoms with van der Waals surface area (Å²) in [6.45, 7) is 11.1. The van der Waals surface area contributed by atoms with E-state index in [1.165, 1.54) is 0 Å². The first-order valence-electron chi connectivity index (χ1n) is 6.87. The summed E-state index contributed by atoms with van der Waals surface area (Å²) in [6, 6.07) is 0. The zero-order valence-corrected chi connectivity index (χ0v) is 16.0. The van der Waals surface area contributed by atoms with E-state index in [0.717, 1.165) is 0 Å². The van der Waals surface area contributed by atoms with E-state index in [2.05, 4.69) is 0 Å². The van der Waals surface area contributed by atoms with E-state index in [4.69, 9.17) is 17.7 Å². The Bertz CT molecular complexity index is 298. The van der Waals surface area contributed by atoms with Crippen LogP contribution in [0.4, 0.5) is 4.79 Å². The number of hydrogen-bond acceptors (Lipinski definition) is 5. The van der Waals surface area contributed by atoms with E-state index < -0.39 is 17.1 Å². The summed E-state index contributed by atoms with van der Waals surface area (Å²) in [5.74, 6) is 0. The summed E-state index contributed by atoms with van der Waals surface area (Å²) in [5, 5.41) is -0.0606. The molecule has 0 saturated heterocycles. The molecule has 6 nitrogen and oxygen atoms in total. The van der Waals surface area contributed by atoms with Crippen molar-refractivity contribution in [1.82, 2.24) is 4.90 Å². The van der Waals surface area contributed by atoms with Crippen LogP contribution >= 0.6 is 0 Å². The van der Waals surface area contributed by atoms with Crippen LogP contribution in [0.1, 0.15) is 20.8 Å². The van der Waals surface area contributed by atoms with Gasteiger partial charge in [0.05, 0.1) is 5.16 Å². The fraction of sp³-hybridized carbons (Fsp3) is 0.917. The maximum absolute atomic E-state index is 12.1. The minimum Gasteiger partial charge on any atom is -0.504 e. The second-order valence-corrected chi connectivity index (χ2v) is 13.2. The Balaban J connectivity index is 5.07. The van der Waals surface area contributed by atoms with Crippen molar-refractivity contribution in [2.45, 2.75) is 39.0 Å². The van der Waals surface area contributed by atoms with Crippen LogP contribution in [0.5, 0.6) is 0 Å². The first-order chi connectivity index (χ1) is 9.24. The topological polar surface area (TPSA) is 57.2 Å². The highest BCUT2D eigenvalue weighted by Gasteiger charge is 2.55. The van der Waals surface area contributed by atoms with E-state index in [0.29, 0.717) is 13.1 Å². The van der Waals surface area contributed by atoms with Gasteiger partial charge in [-0.2, -0.15) is 0 Å². The summed E-state index contributed by atoms with van der Waals surface area (Å²) in [4.78, 5) is 13.8. The highest BCUT2D eigenvalue weighted by molar-refractivity contribution is 6.88. The van der Waals surface area contributed by atoms with Crippen LogP contribution < -0.4 is 0 Å². The number of nitrogens with zero attached hydrogens (tertiary/aromatic N) is 1. The molecule has 0 heterocycles. The molecule has 0 rings (SSSR count). The summed E-state index contributed by atoms with van der Waals surface area (Å²) < 4.78 is 22.3. The number of amides is 1. The molecule has 0 bridgehead atoms. The molecule has 0 aromatic rings. The molecule has 120 valence electrons. The van der Waals surface area contributed by atoms with Crippen LogP contribution in [0, 0.1) is 0 Å². The van der Waals surface area contributed by atoms with E-state index in [-0.39, 0.29) is 11.3 Å². The maximum atomic E-state index is 12.1. The largest absolute Gasteiger partial charge is 0.504 e. The van der Waals surface area contributed by atoms with Gasteiger partial charge in [0.1, 0.15) is 0 Å². The molecule has 0 radical (unpaired) electrons. The molecule has 0 fully saturated rings. The monoisotopic (exact) mass is 323 g/mol. The number of carbonyl (C=O) groups is 1. The lowest BCUT2D eigenvalue weighted by atomic mass is 10.6. The number of carbonyl (C=O) groups excluding carboxylic acids is 1. The second-order valence-electron chi connectivity index (χ2n) is 5.08. The van der Waals surface area contributed by atoms with Crippen molar-refractivity contribution in [3.63, 3.8) is 0 Å². The SMILES string of the molecule is CCN(CC)C(=O)O[Si](C)(C)C(C)[Si](OC)(OC)OC.